The summed E-state index contributed by atoms with van der Waals surface area (Å²) in [4.78, 5) is 145. The van der Waals surface area contributed by atoms with Gasteiger partial charge in [0.15, 0.2) is 0 Å². The Balaban J connectivity index is -0.000000651. The molecule has 0 aliphatic heterocycles. The van der Waals surface area contributed by atoms with Gasteiger partial charge in [-0.25, -0.2) is 9.59 Å². The molecule has 0 unspecified atom stereocenters. The third-order valence-electron chi connectivity index (χ3n) is 19.0. The van der Waals surface area contributed by atoms with Gasteiger partial charge in [0.05, 0.1) is 18.9 Å². The van der Waals surface area contributed by atoms with E-state index < -0.39 is 29.4 Å². The molecule has 12 N–H and O–H groups in total. The van der Waals surface area contributed by atoms with Gasteiger partial charge in [-0.1, -0.05) is 133 Å². The monoisotopic (exact) mass is 1560 g/mol. The number of aliphatic carboxylic acids is 1. The Kier molecular flexibility index (Phi) is 69.9. The van der Waals surface area contributed by atoms with E-state index in [1.165, 1.54) is 7.11 Å². The van der Waals surface area contributed by atoms with Crippen molar-refractivity contribution in [3.05, 3.63) is 7.43 Å². The topological polar surface area (TPSA) is 403 Å². The smallest absolute Gasteiger partial charge is 0.870 e. The summed E-state index contributed by atoms with van der Waals surface area (Å²) >= 11 is 0. The molecule has 27 nitrogen and oxygen atoms in total. The van der Waals surface area contributed by atoms with Crippen molar-refractivity contribution in [3.8, 4) is 0 Å². The van der Waals surface area contributed by atoms with Gasteiger partial charge in [-0.05, 0) is 170 Å². The minimum Gasteiger partial charge on any atom is -0.870 e. The summed E-state index contributed by atoms with van der Waals surface area (Å²) in [5.74, 6) is -2.02. The van der Waals surface area contributed by atoms with Crippen molar-refractivity contribution in [2.75, 3.05) is 72.6 Å². The van der Waals surface area contributed by atoms with Gasteiger partial charge < -0.3 is 85.4 Å². The van der Waals surface area contributed by atoms with Crippen LogP contribution in [-0.2, 0) is 62.2 Å². The summed E-state index contributed by atoms with van der Waals surface area (Å²) in [5, 5.41) is 38.3. The van der Waals surface area contributed by atoms with E-state index in [1.807, 2.05) is 104 Å². The number of carboxylic acids is 1. The van der Waals surface area contributed by atoms with E-state index in [1.54, 1.807) is 6.92 Å². The predicted octanol–water partition coefficient (Wildman–Crippen LogP) is 9.55. The Bertz CT molecular complexity index is 2520. The second-order valence-corrected chi connectivity index (χ2v) is 32.0. The molecule has 10 amide bonds. The first-order chi connectivity index (χ1) is 50.4. The first-order valence-corrected chi connectivity index (χ1v) is 40.9. The number of alkyl carbamates (subject to hydrolysis) is 2. The second kappa shape index (κ2) is 68.4. The van der Waals surface area contributed by atoms with E-state index in [0.717, 1.165) is 186 Å². The van der Waals surface area contributed by atoms with Gasteiger partial charge in [-0.3, -0.25) is 47.9 Å². The van der Waals surface area contributed by atoms with Crippen LogP contribution in [0.4, 0.5) is 9.59 Å². The van der Waals surface area contributed by atoms with Crippen LogP contribution in [0.3, 0.4) is 0 Å². The van der Waals surface area contributed by atoms with Gasteiger partial charge in [0.25, 0.3) is 0 Å². The van der Waals surface area contributed by atoms with Crippen molar-refractivity contribution in [3.63, 3.8) is 0 Å². The van der Waals surface area contributed by atoms with Gasteiger partial charge in [0, 0.05) is 113 Å². The number of amides is 10. The minimum absolute atomic E-state index is 0. The largest absolute Gasteiger partial charge is 1.00 e. The Morgan fingerprint density at radius 1 is 0.264 bits per heavy atom. The Hall–Kier alpha value is -6.20. The Morgan fingerprint density at radius 3 is 0.555 bits per heavy atom. The molecule has 638 valence electrons. The van der Waals surface area contributed by atoms with Crippen molar-refractivity contribution in [1.82, 2.24) is 53.2 Å². The number of rotatable bonds is 60. The van der Waals surface area contributed by atoms with E-state index in [2.05, 4.69) is 53.2 Å². The average Bonchev–Trinajstić information content (AvgIpc) is 0.944. The number of nitrogens with one attached hydrogen (secondary N) is 10. The number of carbonyl (C=O) groups excluding carboxylic acids is 11. The molecule has 0 aromatic heterocycles. The zero-order valence-corrected chi connectivity index (χ0v) is 72.1. The maximum atomic E-state index is 12.5. The number of esters is 1. The van der Waals surface area contributed by atoms with Crippen LogP contribution in [0.25, 0.3) is 0 Å². The van der Waals surface area contributed by atoms with Crippen LogP contribution in [0.1, 0.15) is 303 Å². The van der Waals surface area contributed by atoms with Gasteiger partial charge in [-0.2, -0.15) is 0 Å². The van der Waals surface area contributed by atoms with Crippen molar-refractivity contribution in [1.29, 1.82) is 0 Å². The average molecular weight is 1560 g/mol. The molecule has 0 radical (unpaired) electrons. The van der Waals surface area contributed by atoms with E-state index in [-0.39, 0.29) is 144 Å². The van der Waals surface area contributed by atoms with E-state index in [4.69, 9.17) is 19.3 Å². The van der Waals surface area contributed by atoms with Gasteiger partial charge >= 0.3 is 43.0 Å². The zero-order chi connectivity index (χ0) is 81.2. The molecule has 0 heterocycles. The maximum absolute atomic E-state index is 12.5. The fraction of sp³-hybridized carbons (Fsp3) is 0.841. The van der Waals surface area contributed by atoms with Crippen LogP contribution in [0.15, 0.2) is 0 Å². The molecule has 0 aliphatic rings. The van der Waals surface area contributed by atoms with Crippen LogP contribution in [-0.4, -0.2) is 166 Å². The third-order valence-corrected chi connectivity index (χ3v) is 19.0. The second-order valence-electron chi connectivity index (χ2n) is 32.0. The molecule has 0 spiro atoms. The molecule has 0 aliphatic carbocycles. The standard InChI is InChI=1S/C41H77N5O8.C40H75N5O8.CH3.Li.H2O/c1-30(35(47)43-26-16-12-22-32(3)37(49)45-28-18-14-24-34(5)39(51)53-9)20-10-15-25-42-36(48)31(2)21-11-17-27-44-38(50)33(4)23-13-19-29-46-40(52)54-41(6,7)8;1-29(34(46)42-25-15-11-21-31(3)36(48)44-27-17-13-23-33(5)38(50)51)19-9-14-24-41-35(47)30(2)20-10-16-26-43-37(49)32(4)22-12-18-28-45-39(52)53-40(6,7)8;;;/h30-34H,10-29H2,1-9H3,(H,42,48)(H,43,47)(H,44,50)(H,45,49)(H,46,52);29-33H,9-28H2,1-8H3,(H,41,47)(H,42,46)(H,43,49)(H,44,48)(H,45,52)(H,50,51);1H3;;1H2/q;;-1;+1;/p-1/t30-,31-,32-,33-,34-;29-,30-,31-,32-,33-;;;/m00.../s1. The predicted molar refractivity (Wildman–Crippen MR) is 431 cm³/mol. The molecule has 0 bridgehead atoms. The quantitative estimate of drug-likeness (QED) is 0.00887. The van der Waals surface area contributed by atoms with Crippen LogP contribution >= 0.6 is 0 Å². The van der Waals surface area contributed by atoms with Crippen molar-refractivity contribution in [2.45, 2.75) is 315 Å². The van der Waals surface area contributed by atoms with Crippen LogP contribution in [0.2, 0.25) is 0 Å². The molecule has 0 aromatic rings. The molecule has 10 atom stereocenters. The molecule has 0 saturated heterocycles. The summed E-state index contributed by atoms with van der Waals surface area (Å²) in [6, 6.07) is 0. The number of carboxylic acid groups (broad SMARTS) is 1. The minimum atomic E-state index is -0.787. The van der Waals surface area contributed by atoms with Crippen molar-refractivity contribution >= 4 is 71.4 Å². The SMILES string of the molecule is COC(=O)[C@@H](C)CCCCNC(=O)[C@@H](C)CCCCNC(=O)[C@@H](C)CCCCNC(=O)[C@@H](C)CCCCNC(=O)[C@@H](C)CCCCNC(=O)OC(C)(C)C.C[C@@H](CCCCNC(=O)[C@@H](C)CCCCNC(=O)[C@@H](C)CCCCNC(=O)[C@@H](C)CCCCNC(=O)[C@@H](C)CCCCNC(=O)OC(C)(C)C)C(=O)O.[CH3-].[Li+].[OH-]. The van der Waals surface area contributed by atoms with Gasteiger partial charge in [0.2, 0.25) is 47.3 Å². The molecule has 0 saturated carbocycles. The van der Waals surface area contributed by atoms with Crippen molar-refractivity contribution in [2.24, 2.45) is 59.2 Å². The van der Waals surface area contributed by atoms with Gasteiger partial charge in [0.1, 0.15) is 11.2 Å². The molecular formula is C82H156LiN10O17-. The summed E-state index contributed by atoms with van der Waals surface area (Å²) in [6.07, 6.45) is 22.9. The first kappa shape index (κ1) is 112. The van der Waals surface area contributed by atoms with Crippen molar-refractivity contribution < 1.29 is 101 Å². The van der Waals surface area contributed by atoms with Crippen LogP contribution in [0, 0.1) is 66.6 Å². The summed E-state index contributed by atoms with van der Waals surface area (Å²) in [7, 11) is 1.39. The molecule has 0 aromatic carbocycles. The Morgan fingerprint density at radius 2 is 0.409 bits per heavy atom. The summed E-state index contributed by atoms with van der Waals surface area (Å²) in [5.41, 5.74) is -1.04. The molecule has 0 rings (SSSR count). The van der Waals surface area contributed by atoms with Gasteiger partial charge in [-0.15, -0.1) is 0 Å². The fourth-order valence-corrected chi connectivity index (χ4v) is 11.3. The zero-order valence-electron chi connectivity index (χ0n) is 72.1. The van der Waals surface area contributed by atoms with Crippen LogP contribution < -0.4 is 72.0 Å². The maximum Gasteiger partial charge on any atom is 1.00 e. The number of ether oxygens (including phenoxy) is 3. The number of hydrogen-bond acceptors (Lipinski definition) is 16. The number of unbranched alkanes of at least 4 members (excludes halogenated alkanes) is 10. The molecule has 28 heteroatoms. The van der Waals surface area contributed by atoms with E-state index in [9.17, 15) is 57.5 Å². The fourth-order valence-electron chi connectivity index (χ4n) is 11.3. The summed E-state index contributed by atoms with van der Waals surface area (Å²) < 4.78 is 15.2. The number of methoxy groups -OCH3 is 1. The normalized spacial score (nSPS) is 13.8. The third kappa shape index (κ3) is 65.4. The van der Waals surface area contributed by atoms with E-state index >= 15 is 0 Å². The summed E-state index contributed by atoms with van der Waals surface area (Å²) in [6.45, 7) is 35.5. The Labute approximate surface area is 676 Å². The molecule has 0 fully saturated rings. The molecular weight excluding hydrogens is 1400 g/mol. The van der Waals surface area contributed by atoms with E-state index in [0.29, 0.717) is 71.9 Å². The number of carbonyl (C=O) groups is 12. The first-order valence-electron chi connectivity index (χ1n) is 40.9. The molecule has 110 heavy (non-hydrogen) atoms. The van der Waals surface area contributed by atoms with Crippen LogP contribution in [0.5, 0.6) is 0 Å². The number of hydrogen-bond donors (Lipinski definition) is 11.